The van der Waals surface area contributed by atoms with Crippen LogP contribution in [0.1, 0.15) is 77.6 Å². The van der Waals surface area contributed by atoms with Gasteiger partial charge in [0.2, 0.25) is 0 Å². The van der Waals surface area contributed by atoms with Gasteiger partial charge in [0.25, 0.3) is 5.91 Å². The number of nitrogens with zero attached hydrogens (tertiary/aromatic N) is 3. The average Bonchev–Trinajstić information content (AvgIpc) is 3.07. The number of ether oxygens (including phenoxy) is 2. The molecule has 3 saturated heterocycles. The van der Waals surface area contributed by atoms with Gasteiger partial charge in [0.1, 0.15) is 6.17 Å². The fourth-order valence-electron chi connectivity index (χ4n) is 9.98. The molecule has 7 rings (SSSR count). The van der Waals surface area contributed by atoms with Gasteiger partial charge in [0.05, 0.1) is 49.1 Å². The van der Waals surface area contributed by atoms with Crippen LogP contribution in [0.15, 0.2) is 11.8 Å². The van der Waals surface area contributed by atoms with Crippen molar-refractivity contribution in [1.82, 2.24) is 25.3 Å². The maximum atomic E-state index is 16.2. The first kappa shape index (κ1) is 32.9. The number of halogens is 1. The van der Waals surface area contributed by atoms with Gasteiger partial charge in [0, 0.05) is 31.8 Å². The summed E-state index contributed by atoms with van der Waals surface area (Å²) in [6, 6.07) is -0.523. The maximum Gasteiger partial charge on any atom is 0.256 e. The fraction of sp³-hybridized carbons (Fsp3) is 0.889. The molecule has 10 heteroatoms. The molecule has 9 nitrogen and oxygen atoms in total. The van der Waals surface area contributed by atoms with Crippen molar-refractivity contribution in [3.8, 4) is 0 Å². The number of amides is 1. The van der Waals surface area contributed by atoms with E-state index in [4.69, 9.17) is 9.47 Å². The van der Waals surface area contributed by atoms with Gasteiger partial charge in [-0.05, 0) is 95.4 Å². The van der Waals surface area contributed by atoms with Crippen molar-refractivity contribution >= 4 is 11.7 Å². The SMILES string of the molecule is CC1CCN(CCCNC2C(F)CC3C(=O)C(C(=O)NCCCN4CCOCC4)=CN4C5CC6CCCCC6CC5OC2C34)CC1. The van der Waals surface area contributed by atoms with Crippen molar-refractivity contribution in [1.29, 1.82) is 0 Å². The summed E-state index contributed by atoms with van der Waals surface area (Å²) in [6.45, 7) is 11.2. The Bertz CT molecular complexity index is 1090. The minimum absolute atomic E-state index is 0.00785. The third-order valence-corrected chi connectivity index (χ3v) is 12.7. The van der Waals surface area contributed by atoms with Crippen LogP contribution in [0.5, 0.6) is 0 Å². The standard InChI is InChI=1S/C36H58FN5O4/c1-24-8-14-40(15-9-24)12-4-10-38-32-29(37)22-27-33-35(32)46-31-21-26-7-3-2-6-25(26)20-30(31)42(33)23-28(34(27)43)36(44)39-11-5-13-41-16-18-45-19-17-41/h23-27,29-33,35,38H,2-22H2,1H3,(H,39,44). The molecule has 9 unspecified atom stereocenters. The van der Waals surface area contributed by atoms with E-state index in [0.717, 1.165) is 90.6 Å². The number of ketones is 1. The van der Waals surface area contributed by atoms with E-state index < -0.39 is 24.2 Å². The molecule has 0 spiro atoms. The molecule has 6 fully saturated rings. The van der Waals surface area contributed by atoms with Crippen molar-refractivity contribution in [2.75, 3.05) is 65.6 Å². The number of alkyl halides is 1. The number of Topliss-reactive ketones (excluding diaryl/α,β-unsaturated/α-hetero) is 1. The fourth-order valence-corrected chi connectivity index (χ4v) is 9.98. The summed E-state index contributed by atoms with van der Waals surface area (Å²) in [6.07, 6.45) is 11.9. The van der Waals surface area contributed by atoms with E-state index in [1.165, 1.54) is 38.5 Å². The number of nitrogens with one attached hydrogen (secondary N) is 2. The quantitative estimate of drug-likeness (QED) is 0.278. The average molecular weight is 644 g/mol. The maximum absolute atomic E-state index is 16.2. The molecule has 3 saturated carbocycles. The zero-order chi connectivity index (χ0) is 31.6. The van der Waals surface area contributed by atoms with Crippen LogP contribution in [0.4, 0.5) is 4.39 Å². The smallest absolute Gasteiger partial charge is 0.256 e. The van der Waals surface area contributed by atoms with E-state index in [-0.39, 0.29) is 41.9 Å². The highest BCUT2D eigenvalue weighted by Gasteiger charge is 2.59. The van der Waals surface area contributed by atoms with Gasteiger partial charge in [-0.15, -0.1) is 0 Å². The first-order valence-corrected chi connectivity index (χ1v) is 18.8. The lowest BCUT2D eigenvalue weighted by Gasteiger charge is -2.61. The third-order valence-electron chi connectivity index (χ3n) is 12.7. The van der Waals surface area contributed by atoms with Crippen molar-refractivity contribution < 1.29 is 23.5 Å². The van der Waals surface area contributed by atoms with Gasteiger partial charge >= 0.3 is 0 Å². The van der Waals surface area contributed by atoms with E-state index in [1.807, 2.05) is 6.20 Å². The molecule has 7 aliphatic rings. The number of rotatable bonds is 10. The molecule has 258 valence electrons. The van der Waals surface area contributed by atoms with Crippen LogP contribution in [-0.4, -0.2) is 128 Å². The zero-order valence-electron chi connectivity index (χ0n) is 28.1. The van der Waals surface area contributed by atoms with Gasteiger partial charge in [-0.25, -0.2) is 4.39 Å². The molecule has 0 aromatic rings. The number of morpholine rings is 2. The van der Waals surface area contributed by atoms with Crippen LogP contribution >= 0.6 is 0 Å². The van der Waals surface area contributed by atoms with Gasteiger partial charge in [-0.1, -0.05) is 32.6 Å². The van der Waals surface area contributed by atoms with Crippen LogP contribution in [0.25, 0.3) is 0 Å². The lowest BCUT2D eigenvalue weighted by Crippen LogP contribution is -2.73. The Labute approximate surface area is 275 Å². The highest BCUT2D eigenvalue weighted by molar-refractivity contribution is 6.20. The number of likely N-dealkylation sites (tertiary alicyclic amines) is 1. The molecule has 46 heavy (non-hydrogen) atoms. The second-order valence-electron chi connectivity index (χ2n) is 15.6. The number of carbonyl (C=O) groups excluding carboxylic acids is 2. The predicted molar refractivity (Wildman–Crippen MR) is 175 cm³/mol. The monoisotopic (exact) mass is 643 g/mol. The van der Waals surface area contributed by atoms with Crippen molar-refractivity contribution in [3.05, 3.63) is 11.8 Å². The highest BCUT2D eigenvalue weighted by atomic mass is 19.1. The van der Waals surface area contributed by atoms with Crippen LogP contribution in [0.2, 0.25) is 0 Å². The molecular weight excluding hydrogens is 585 g/mol. The minimum Gasteiger partial charge on any atom is -0.379 e. The van der Waals surface area contributed by atoms with Crippen LogP contribution in [0.3, 0.4) is 0 Å². The van der Waals surface area contributed by atoms with Crippen molar-refractivity contribution in [3.63, 3.8) is 0 Å². The molecule has 0 aromatic carbocycles. The predicted octanol–water partition coefficient (Wildman–Crippen LogP) is 3.14. The summed E-state index contributed by atoms with van der Waals surface area (Å²) in [5.74, 6) is 1.08. The van der Waals surface area contributed by atoms with Crippen molar-refractivity contribution in [2.24, 2.45) is 23.7 Å². The van der Waals surface area contributed by atoms with Gasteiger partial charge < -0.3 is 29.9 Å². The number of hydrogen-bond acceptors (Lipinski definition) is 8. The van der Waals surface area contributed by atoms with E-state index in [0.29, 0.717) is 18.4 Å². The Morgan fingerprint density at radius 1 is 0.935 bits per heavy atom. The summed E-state index contributed by atoms with van der Waals surface area (Å²) >= 11 is 0. The summed E-state index contributed by atoms with van der Waals surface area (Å²) in [5.41, 5.74) is 0.215. The van der Waals surface area contributed by atoms with Gasteiger partial charge in [0.15, 0.2) is 5.78 Å². The lowest BCUT2D eigenvalue weighted by atomic mass is 9.65. The first-order chi connectivity index (χ1) is 22.5. The molecule has 2 N–H and O–H groups in total. The number of fused-ring (bicyclic) bond motifs is 3. The Balaban J connectivity index is 1.05. The Morgan fingerprint density at radius 3 is 2.39 bits per heavy atom. The summed E-state index contributed by atoms with van der Waals surface area (Å²) in [5, 5.41) is 6.63. The Hall–Kier alpha value is -1.59. The Morgan fingerprint density at radius 2 is 1.63 bits per heavy atom. The molecule has 1 amide bonds. The minimum atomic E-state index is -1.19. The molecule has 3 aliphatic carbocycles. The van der Waals surface area contributed by atoms with Gasteiger partial charge in [-0.2, -0.15) is 0 Å². The number of hydrogen-bond donors (Lipinski definition) is 2. The molecule has 0 aromatic heterocycles. The second kappa shape index (κ2) is 14.9. The van der Waals surface area contributed by atoms with E-state index >= 15 is 4.39 Å². The van der Waals surface area contributed by atoms with E-state index in [1.54, 1.807) is 0 Å². The molecule has 0 bridgehead atoms. The lowest BCUT2D eigenvalue weighted by molar-refractivity contribution is -0.208. The highest BCUT2D eigenvalue weighted by Crippen LogP contribution is 2.50. The largest absolute Gasteiger partial charge is 0.379 e. The van der Waals surface area contributed by atoms with E-state index in [2.05, 4.69) is 32.3 Å². The molecule has 4 aliphatic heterocycles. The summed E-state index contributed by atoms with van der Waals surface area (Å²) in [4.78, 5) is 34.8. The van der Waals surface area contributed by atoms with Crippen LogP contribution in [-0.2, 0) is 19.1 Å². The summed E-state index contributed by atoms with van der Waals surface area (Å²) < 4.78 is 28.6. The molecule has 4 heterocycles. The van der Waals surface area contributed by atoms with Crippen LogP contribution in [0, 0.1) is 23.7 Å². The Kier molecular flexibility index (Phi) is 10.7. The molecule has 9 atom stereocenters. The van der Waals surface area contributed by atoms with E-state index in [9.17, 15) is 9.59 Å². The van der Waals surface area contributed by atoms with Gasteiger partial charge in [-0.3, -0.25) is 14.5 Å². The topological polar surface area (TPSA) is 86.4 Å². The number of piperidine rings is 1. The molecule has 0 radical (unpaired) electrons. The summed E-state index contributed by atoms with van der Waals surface area (Å²) in [7, 11) is 0. The second-order valence-corrected chi connectivity index (χ2v) is 15.6. The van der Waals surface area contributed by atoms with Crippen LogP contribution < -0.4 is 10.6 Å². The molecular formula is C36H58FN5O4. The first-order valence-electron chi connectivity index (χ1n) is 18.8. The van der Waals surface area contributed by atoms with Crippen molar-refractivity contribution in [2.45, 2.75) is 114 Å². The number of carbonyl (C=O) groups is 2. The normalized spacial score (nSPS) is 38.8. The third kappa shape index (κ3) is 7.07. The zero-order valence-corrected chi connectivity index (χ0v) is 28.1.